The summed E-state index contributed by atoms with van der Waals surface area (Å²) in [6.07, 6.45) is 7.61. The van der Waals surface area contributed by atoms with Crippen molar-refractivity contribution in [2.24, 2.45) is 0 Å². The monoisotopic (exact) mass is 337 g/mol. The number of hydrogen-bond acceptors (Lipinski definition) is 5. The molecule has 1 N–H and O–H groups in total. The summed E-state index contributed by atoms with van der Waals surface area (Å²) in [5.41, 5.74) is 2.51. The molecular formula is C17H19N7O. The van der Waals surface area contributed by atoms with Crippen LogP contribution < -0.4 is 0 Å². The minimum absolute atomic E-state index is 0.0312. The molecule has 1 unspecified atom stereocenters. The third kappa shape index (κ3) is 2.90. The Morgan fingerprint density at radius 2 is 2.20 bits per heavy atom. The number of aromatic amines is 1. The molecule has 8 nitrogen and oxygen atoms in total. The van der Waals surface area contributed by atoms with Crippen LogP contribution in [0, 0.1) is 6.92 Å². The highest BCUT2D eigenvalue weighted by Gasteiger charge is 2.31. The van der Waals surface area contributed by atoms with Gasteiger partial charge < -0.3 is 4.90 Å². The lowest BCUT2D eigenvalue weighted by molar-refractivity contribution is 0.0599. The molecule has 0 spiro atoms. The number of benzene rings is 1. The highest BCUT2D eigenvalue weighted by Crippen LogP contribution is 2.30. The molecule has 1 fully saturated rings. The van der Waals surface area contributed by atoms with Crippen molar-refractivity contribution in [2.45, 2.75) is 32.2 Å². The third-order valence-electron chi connectivity index (χ3n) is 4.64. The number of H-pyrrole nitrogens is 1. The molecule has 128 valence electrons. The van der Waals surface area contributed by atoms with E-state index >= 15 is 0 Å². The number of rotatable bonds is 3. The number of nitrogens with zero attached hydrogens (tertiary/aromatic N) is 6. The van der Waals surface area contributed by atoms with Gasteiger partial charge in [-0.25, -0.2) is 14.6 Å². The van der Waals surface area contributed by atoms with Crippen LogP contribution >= 0.6 is 0 Å². The number of nitrogens with one attached hydrogen (secondary N) is 1. The summed E-state index contributed by atoms with van der Waals surface area (Å²) in [6.45, 7) is 2.68. The van der Waals surface area contributed by atoms with E-state index in [1.807, 2.05) is 30.0 Å². The van der Waals surface area contributed by atoms with Crippen LogP contribution in [0.5, 0.6) is 0 Å². The molecule has 1 amide bonds. The Balaban J connectivity index is 1.63. The van der Waals surface area contributed by atoms with Crippen molar-refractivity contribution in [3.8, 4) is 5.69 Å². The predicted octanol–water partition coefficient (Wildman–Crippen LogP) is 2.06. The second kappa shape index (κ2) is 6.46. The Bertz CT molecular complexity index is 857. The van der Waals surface area contributed by atoms with Gasteiger partial charge in [-0.2, -0.15) is 10.2 Å². The number of amides is 1. The molecule has 1 atom stereocenters. The van der Waals surface area contributed by atoms with Gasteiger partial charge in [-0.15, -0.1) is 0 Å². The van der Waals surface area contributed by atoms with Crippen LogP contribution in [0.15, 0.2) is 37.2 Å². The quantitative estimate of drug-likeness (QED) is 0.790. The molecule has 2 aromatic heterocycles. The van der Waals surface area contributed by atoms with Crippen molar-refractivity contribution < 1.29 is 4.79 Å². The van der Waals surface area contributed by atoms with Gasteiger partial charge in [0.05, 0.1) is 11.7 Å². The summed E-state index contributed by atoms with van der Waals surface area (Å²) in [5, 5.41) is 11.0. The molecule has 0 radical (unpaired) electrons. The molecule has 25 heavy (non-hydrogen) atoms. The number of aryl methyl sites for hydroxylation is 1. The number of carbonyl (C=O) groups excluding carboxylic acids is 1. The summed E-state index contributed by atoms with van der Waals surface area (Å²) >= 11 is 0. The van der Waals surface area contributed by atoms with Crippen LogP contribution in [0.3, 0.4) is 0 Å². The van der Waals surface area contributed by atoms with Gasteiger partial charge in [-0.3, -0.25) is 9.89 Å². The molecule has 3 heterocycles. The molecule has 3 aromatic rings. The predicted molar refractivity (Wildman–Crippen MR) is 90.1 cm³/mol. The maximum absolute atomic E-state index is 13.2. The molecule has 0 bridgehead atoms. The van der Waals surface area contributed by atoms with E-state index < -0.39 is 0 Å². The van der Waals surface area contributed by atoms with Crippen molar-refractivity contribution >= 4 is 5.91 Å². The summed E-state index contributed by atoms with van der Waals surface area (Å²) in [4.78, 5) is 23.3. The average Bonchev–Trinajstić information content (AvgIpc) is 3.35. The Kier molecular flexibility index (Phi) is 4.01. The van der Waals surface area contributed by atoms with Crippen LogP contribution in [-0.2, 0) is 0 Å². The average molecular weight is 337 g/mol. The Morgan fingerprint density at radius 3 is 2.92 bits per heavy atom. The standard InChI is InChI=1S/C17H19N7O/c1-12-8-13(24-11-18-9-21-24)5-6-14(12)17(25)23-7-3-2-4-15(23)16-19-10-20-22-16/h5-6,8-11,15H,2-4,7H2,1H3,(H,19,20,22). The summed E-state index contributed by atoms with van der Waals surface area (Å²) in [6, 6.07) is 5.66. The topological polar surface area (TPSA) is 92.6 Å². The van der Waals surface area contributed by atoms with E-state index in [4.69, 9.17) is 0 Å². The number of aromatic nitrogens is 6. The SMILES string of the molecule is Cc1cc(-n2cncn2)ccc1C(=O)N1CCCCC1c1ncn[nH]1. The van der Waals surface area contributed by atoms with Gasteiger partial charge in [0.15, 0.2) is 0 Å². The second-order valence-corrected chi connectivity index (χ2v) is 6.22. The molecule has 0 aliphatic carbocycles. The zero-order valence-electron chi connectivity index (χ0n) is 14.0. The number of hydrogen-bond donors (Lipinski definition) is 1. The molecule has 0 saturated carbocycles. The third-order valence-corrected chi connectivity index (χ3v) is 4.64. The van der Waals surface area contributed by atoms with Gasteiger partial charge in [0, 0.05) is 12.1 Å². The van der Waals surface area contributed by atoms with E-state index in [1.54, 1.807) is 11.0 Å². The van der Waals surface area contributed by atoms with E-state index in [0.717, 1.165) is 42.9 Å². The van der Waals surface area contributed by atoms with E-state index in [2.05, 4.69) is 25.3 Å². The minimum atomic E-state index is -0.0434. The van der Waals surface area contributed by atoms with Crippen molar-refractivity contribution in [3.05, 3.63) is 54.1 Å². The number of carbonyl (C=O) groups is 1. The molecule has 1 aliphatic heterocycles. The number of likely N-dealkylation sites (tertiary alicyclic amines) is 1. The fourth-order valence-corrected chi connectivity index (χ4v) is 3.36. The first kappa shape index (κ1) is 15.5. The van der Waals surface area contributed by atoms with Gasteiger partial charge in [0.1, 0.15) is 24.8 Å². The van der Waals surface area contributed by atoms with Crippen molar-refractivity contribution in [3.63, 3.8) is 0 Å². The lowest BCUT2D eigenvalue weighted by Crippen LogP contribution is -2.39. The summed E-state index contributed by atoms with van der Waals surface area (Å²) < 4.78 is 1.68. The van der Waals surface area contributed by atoms with Crippen LogP contribution in [0.1, 0.15) is 47.1 Å². The van der Waals surface area contributed by atoms with Gasteiger partial charge in [-0.1, -0.05) is 0 Å². The first-order valence-electron chi connectivity index (χ1n) is 8.36. The fourth-order valence-electron chi connectivity index (χ4n) is 3.36. The molecule has 4 rings (SSSR count). The molecule has 1 aliphatic rings. The Morgan fingerprint density at radius 1 is 1.28 bits per heavy atom. The van der Waals surface area contributed by atoms with E-state index in [1.165, 1.54) is 12.7 Å². The zero-order valence-corrected chi connectivity index (χ0v) is 14.0. The van der Waals surface area contributed by atoms with Crippen molar-refractivity contribution in [2.75, 3.05) is 6.54 Å². The molecule has 8 heteroatoms. The Labute approximate surface area is 144 Å². The molecule has 1 saturated heterocycles. The van der Waals surface area contributed by atoms with Crippen LogP contribution in [-0.4, -0.2) is 47.3 Å². The van der Waals surface area contributed by atoms with E-state index in [-0.39, 0.29) is 11.9 Å². The first-order chi connectivity index (χ1) is 12.2. The van der Waals surface area contributed by atoms with Gasteiger partial charge in [-0.05, 0) is 49.9 Å². The van der Waals surface area contributed by atoms with Crippen molar-refractivity contribution in [1.82, 2.24) is 34.8 Å². The lowest BCUT2D eigenvalue weighted by atomic mass is 9.98. The highest BCUT2D eigenvalue weighted by atomic mass is 16.2. The van der Waals surface area contributed by atoms with Crippen LogP contribution in [0.4, 0.5) is 0 Å². The first-order valence-corrected chi connectivity index (χ1v) is 8.36. The zero-order chi connectivity index (χ0) is 17.2. The number of piperidine rings is 1. The minimum Gasteiger partial charge on any atom is -0.328 e. The van der Waals surface area contributed by atoms with E-state index in [0.29, 0.717) is 5.56 Å². The molecular weight excluding hydrogens is 318 g/mol. The maximum atomic E-state index is 13.2. The maximum Gasteiger partial charge on any atom is 0.254 e. The normalized spacial score (nSPS) is 17.6. The van der Waals surface area contributed by atoms with Gasteiger partial charge >= 0.3 is 0 Å². The van der Waals surface area contributed by atoms with Gasteiger partial charge in [0.25, 0.3) is 5.91 Å². The van der Waals surface area contributed by atoms with Crippen molar-refractivity contribution in [1.29, 1.82) is 0 Å². The highest BCUT2D eigenvalue weighted by molar-refractivity contribution is 5.96. The van der Waals surface area contributed by atoms with Crippen LogP contribution in [0.2, 0.25) is 0 Å². The second-order valence-electron chi connectivity index (χ2n) is 6.22. The summed E-state index contributed by atoms with van der Waals surface area (Å²) in [7, 11) is 0. The largest absolute Gasteiger partial charge is 0.328 e. The van der Waals surface area contributed by atoms with Crippen LogP contribution in [0.25, 0.3) is 5.69 Å². The molecule has 1 aromatic carbocycles. The fraction of sp³-hybridized carbons (Fsp3) is 0.353. The summed E-state index contributed by atoms with van der Waals surface area (Å²) in [5.74, 6) is 0.786. The van der Waals surface area contributed by atoms with Gasteiger partial charge in [0.2, 0.25) is 0 Å². The van der Waals surface area contributed by atoms with E-state index in [9.17, 15) is 4.79 Å². The Hall–Kier alpha value is -3.03. The smallest absolute Gasteiger partial charge is 0.254 e. The lowest BCUT2D eigenvalue weighted by Gasteiger charge is -2.34.